The molecular weight excluding hydrogens is 416 g/mol. The van der Waals surface area contributed by atoms with E-state index in [-0.39, 0.29) is 30.5 Å². The Morgan fingerprint density at radius 1 is 0.700 bits per heavy atom. The standard InChI is InChI=1S/C20H32O9S/c1-18-3-5-20(6-4-18)30(22,23)29-16-15-27-12-11-25-8-7-24-9-10-26-13-14-28-17-19(2)21/h3-6H,7-17H2,1-2H3. The summed E-state index contributed by atoms with van der Waals surface area (Å²) in [5.74, 6) is -0.0110. The summed E-state index contributed by atoms with van der Waals surface area (Å²) in [5.41, 5.74) is 0.976. The Morgan fingerprint density at radius 2 is 1.10 bits per heavy atom. The van der Waals surface area contributed by atoms with Crippen LogP contribution in [0.15, 0.2) is 29.2 Å². The molecule has 0 aliphatic carbocycles. The first-order chi connectivity index (χ1) is 14.4. The van der Waals surface area contributed by atoms with Crippen LogP contribution in [0.4, 0.5) is 0 Å². The summed E-state index contributed by atoms with van der Waals surface area (Å²) >= 11 is 0. The van der Waals surface area contributed by atoms with E-state index in [0.29, 0.717) is 52.9 Å². The molecule has 0 aromatic heterocycles. The van der Waals surface area contributed by atoms with Gasteiger partial charge in [0.2, 0.25) is 0 Å². The Morgan fingerprint density at radius 3 is 1.53 bits per heavy atom. The normalized spacial score (nSPS) is 11.7. The lowest BCUT2D eigenvalue weighted by Gasteiger charge is -2.08. The first-order valence-electron chi connectivity index (χ1n) is 9.76. The van der Waals surface area contributed by atoms with Crippen LogP contribution in [0, 0.1) is 6.92 Å². The number of carbonyl (C=O) groups is 1. The quantitative estimate of drug-likeness (QED) is 0.229. The van der Waals surface area contributed by atoms with Gasteiger partial charge in [-0.2, -0.15) is 8.42 Å². The van der Waals surface area contributed by atoms with Crippen molar-refractivity contribution in [2.75, 3.05) is 72.7 Å². The van der Waals surface area contributed by atoms with Crippen molar-refractivity contribution in [1.29, 1.82) is 0 Å². The smallest absolute Gasteiger partial charge is 0.297 e. The molecule has 9 nitrogen and oxygen atoms in total. The molecule has 0 aliphatic rings. The van der Waals surface area contributed by atoms with Gasteiger partial charge in [0.05, 0.1) is 71.0 Å². The van der Waals surface area contributed by atoms with Gasteiger partial charge in [-0.05, 0) is 26.0 Å². The lowest BCUT2D eigenvalue weighted by molar-refractivity contribution is -0.122. The molecule has 0 spiro atoms. The fraction of sp³-hybridized carbons (Fsp3) is 0.650. The van der Waals surface area contributed by atoms with E-state index in [9.17, 15) is 13.2 Å². The third kappa shape index (κ3) is 13.8. The summed E-state index contributed by atoms with van der Waals surface area (Å²) < 4.78 is 55.2. The van der Waals surface area contributed by atoms with E-state index in [0.717, 1.165) is 5.56 Å². The van der Waals surface area contributed by atoms with Gasteiger partial charge in [0.15, 0.2) is 5.78 Å². The van der Waals surface area contributed by atoms with Crippen LogP contribution in [0.1, 0.15) is 12.5 Å². The number of hydrogen-bond donors (Lipinski definition) is 0. The Kier molecular flexibility index (Phi) is 14.5. The van der Waals surface area contributed by atoms with E-state index in [4.69, 9.17) is 27.9 Å². The maximum Gasteiger partial charge on any atom is 0.297 e. The Bertz CT molecular complexity index is 674. The maximum atomic E-state index is 12.0. The van der Waals surface area contributed by atoms with Crippen molar-refractivity contribution in [2.24, 2.45) is 0 Å². The molecular formula is C20H32O9S. The highest BCUT2D eigenvalue weighted by molar-refractivity contribution is 7.86. The lowest BCUT2D eigenvalue weighted by atomic mass is 10.2. The van der Waals surface area contributed by atoms with Crippen LogP contribution in [-0.2, 0) is 42.8 Å². The highest BCUT2D eigenvalue weighted by Gasteiger charge is 2.14. The predicted octanol–water partition coefficient (Wildman–Crippen LogP) is 1.37. The third-order valence-electron chi connectivity index (χ3n) is 3.57. The summed E-state index contributed by atoms with van der Waals surface area (Å²) in [6, 6.07) is 6.46. The average Bonchev–Trinajstić information content (AvgIpc) is 2.70. The fourth-order valence-electron chi connectivity index (χ4n) is 2.07. The molecule has 0 radical (unpaired) electrons. The van der Waals surface area contributed by atoms with E-state index in [1.807, 2.05) is 6.92 Å². The van der Waals surface area contributed by atoms with Gasteiger partial charge in [-0.15, -0.1) is 0 Å². The van der Waals surface area contributed by atoms with Crippen LogP contribution in [0.5, 0.6) is 0 Å². The van der Waals surface area contributed by atoms with Gasteiger partial charge in [0.1, 0.15) is 6.61 Å². The first kappa shape index (κ1) is 26.6. The summed E-state index contributed by atoms with van der Waals surface area (Å²) in [7, 11) is -3.76. The molecule has 10 heteroatoms. The SMILES string of the molecule is CC(=O)COCCOCCOCCOCCOCCOS(=O)(=O)c1ccc(C)cc1. The number of aryl methyl sites for hydroxylation is 1. The molecule has 30 heavy (non-hydrogen) atoms. The van der Waals surface area contributed by atoms with Gasteiger partial charge in [-0.25, -0.2) is 0 Å². The Balaban J connectivity index is 1.85. The summed E-state index contributed by atoms with van der Waals surface area (Å²) in [6.07, 6.45) is 0. The van der Waals surface area contributed by atoms with Gasteiger partial charge in [-0.3, -0.25) is 8.98 Å². The second-order valence-electron chi connectivity index (χ2n) is 6.29. The lowest BCUT2D eigenvalue weighted by Crippen LogP contribution is -2.15. The van der Waals surface area contributed by atoms with E-state index in [1.54, 1.807) is 12.1 Å². The molecule has 0 bridgehead atoms. The molecule has 0 saturated heterocycles. The summed E-state index contributed by atoms with van der Waals surface area (Å²) in [5, 5.41) is 0. The molecule has 172 valence electrons. The number of hydrogen-bond acceptors (Lipinski definition) is 9. The molecule has 0 aliphatic heterocycles. The predicted molar refractivity (Wildman–Crippen MR) is 109 cm³/mol. The fourth-order valence-corrected chi connectivity index (χ4v) is 2.96. The highest BCUT2D eigenvalue weighted by atomic mass is 32.2. The van der Waals surface area contributed by atoms with Crippen LogP contribution in [0.3, 0.4) is 0 Å². The van der Waals surface area contributed by atoms with E-state index in [1.165, 1.54) is 19.1 Å². The van der Waals surface area contributed by atoms with Crippen molar-refractivity contribution in [3.8, 4) is 0 Å². The second-order valence-corrected chi connectivity index (χ2v) is 7.91. The highest BCUT2D eigenvalue weighted by Crippen LogP contribution is 2.12. The van der Waals surface area contributed by atoms with Crippen LogP contribution in [0.25, 0.3) is 0 Å². The van der Waals surface area contributed by atoms with Crippen LogP contribution >= 0.6 is 0 Å². The second kappa shape index (κ2) is 16.3. The zero-order chi connectivity index (χ0) is 22.1. The Labute approximate surface area is 178 Å². The molecule has 1 aromatic carbocycles. The number of carbonyl (C=O) groups excluding carboxylic acids is 1. The van der Waals surface area contributed by atoms with Crippen molar-refractivity contribution < 1.29 is 41.1 Å². The van der Waals surface area contributed by atoms with Crippen LogP contribution < -0.4 is 0 Å². The van der Waals surface area contributed by atoms with E-state index < -0.39 is 10.1 Å². The first-order valence-corrected chi connectivity index (χ1v) is 11.2. The van der Waals surface area contributed by atoms with Crippen molar-refractivity contribution in [2.45, 2.75) is 18.7 Å². The number of rotatable bonds is 19. The number of Topliss-reactive ketones (excluding diaryl/α,β-unsaturated/α-hetero) is 1. The molecule has 0 unspecified atom stereocenters. The van der Waals surface area contributed by atoms with Crippen molar-refractivity contribution in [3.63, 3.8) is 0 Å². The van der Waals surface area contributed by atoms with Gasteiger partial charge in [-0.1, -0.05) is 17.7 Å². The average molecular weight is 449 g/mol. The summed E-state index contributed by atoms with van der Waals surface area (Å²) in [4.78, 5) is 10.8. The molecule has 0 fully saturated rings. The minimum absolute atomic E-state index is 0.0110. The number of ketones is 1. The van der Waals surface area contributed by atoms with Crippen LogP contribution in [-0.4, -0.2) is 86.9 Å². The molecule has 0 heterocycles. The number of benzene rings is 1. The minimum atomic E-state index is -3.76. The molecule has 0 amide bonds. The van der Waals surface area contributed by atoms with Gasteiger partial charge in [0.25, 0.3) is 10.1 Å². The third-order valence-corrected chi connectivity index (χ3v) is 4.90. The molecule has 0 N–H and O–H groups in total. The van der Waals surface area contributed by atoms with Gasteiger partial charge in [0, 0.05) is 0 Å². The monoisotopic (exact) mass is 448 g/mol. The summed E-state index contributed by atoms with van der Waals surface area (Å²) in [6.45, 7) is 6.80. The topological polar surface area (TPSA) is 107 Å². The van der Waals surface area contributed by atoms with Gasteiger partial charge < -0.3 is 23.7 Å². The molecule has 1 aromatic rings. The molecule has 0 atom stereocenters. The Hall–Kier alpha value is -1.40. The van der Waals surface area contributed by atoms with E-state index in [2.05, 4.69) is 0 Å². The molecule has 1 rings (SSSR count). The molecule has 0 saturated carbocycles. The van der Waals surface area contributed by atoms with Crippen molar-refractivity contribution in [3.05, 3.63) is 29.8 Å². The van der Waals surface area contributed by atoms with Crippen molar-refractivity contribution >= 4 is 15.9 Å². The zero-order valence-electron chi connectivity index (χ0n) is 17.7. The minimum Gasteiger partial charge on any atom is -0.377 e. The van der Waals surface area contributed by atoms with Crippen LogP contribution in [0.2, 0.25) is 0 Å². The largest absolute Gasteiger partial charge is 0.377 e. The van der Waals surface area contributed by atoms with Gasteiger partial charge >= 0.3 is 0 Å². The van der Waals surface area contributed by atoms with Crippen molar-refractivity contribution in [1.82, 2.24) is 0 Å². The zero-order valence-corrected chi connectivity index (χ0v) is 18.5. The number of ether oxygens (including phenoxy) is 5. The van der Waals surface area contributed by atoms with E-state index >= 15 is 0 Å². The maximum absolute atomic E-state index is 12.0.